The molecule has 0 saturated carbocycles. The van der Waals surface area contributed by atoms with Gasteiger partial charge in [0, 0.05) is 22.7 Å². The molecule has 0 aliphatic carbocycles. The lowest BCUT2D eigenvalue weighted by Gasteiger charge is -2.31. The molecule has 1 aliphatic heterocycles. The van der Waals surface area contributed by atoms with Crippen LogP contribution in [0.15, 0.2) is 6.07 Å². The van der Waals surface area contributed by atoms with E-state index in [0.29, 0.717) is 25.5 Å². The van der Waals surface area contributed by atoms with Crippen molar-refractivity contribution in [3.8, 4) is 0 Å². The first-order chi connectivity index (χ1) is 10.6. The SMILES string of the molecule is CCc1nc([C@H]2CN(C(=O)c3cc(C)sc3C)CCO2)n[nH]1. The van der Waals surface area contributed by atoms with Crippen molar-refractivity contribution in [2.45, 2.75) is 33.3 Å². The summed E-state index contributed by atoms with van der Waals surface area (Å²) in [6.07, 6.45) is 0.546. The number of ether oxygens (including phenoxy) is 1. The van der Waals surface area contributed by atoms with E-state index in [2.05, 4.69) is 15.2 Å². The van der Waals surface area contributed by atoms with Crippen molar-refractivity contribution in [1.29, 1.82) is 0 Å². The topological polar surface area (TPSA) is 71.1 Å². The number of rotatable bonds is 3. The lowest BCUT2D eigenvalue weighted by atomic mass is 10.2. The average Bonchev–Trinajstić information content (AvgIpc) is 3.13. The standard InChI is InChI=1S/C15H20N4O2S/c1-4-13-16-14(18-17-13)12-8-19(5-6-21-12)15(20)11-7-9(2)22-10(11)3/h7,12H,4-6,8H2,1-3H3,(H,16,17,18)/t12-/m1/s1. The Labute approximate surface area is 133 Å². The minimum absolute atomic E-state index is 0.0707. The quantitative estimate of drug-likeness (QED) is 0.941. The van der Waals surface area contributed by atoms with Crippen LogP contribution < -0.4 is 0 Å². The van der Waals surface area contributed by atoms with Gasteiger partial charge in [0.25, 0.3) is 5.91 Å². The highest BCUT2D eigenvalue weighted by Gasteiger charge is 2.29. The van der Waals surface area contributed by atoms with Crippen molar-refractivity contribution in [3.05, 3.63) is 33.0 Å². The maximum Gasteiger partial charge on any atom is 0.255 e. The molecule has 3 rings (SSSR count). The molecule has 2 aromatic rings. The zero-order valence-electron chi connectivity index (χ0n) is 13.0. The number of carbonyl (C=O) groups is 1. The van der Waals surface area contributed by atoms with Crippen LogP contribution in [0.25, 0.3) is 0 Å². The van der Waals surface area contributed by atoms with Crippen molar-refractivity contribution in [2.75, 3.05) is 19.7 Å². The number of morpholine rings is 1. The Morgan fingerprint density at radius 3 is 3.00 bits per heavy atom. The summed E-state index contributed by atoms with van der Waals surface area (Å²) >= 11 is 1.66. The van der Waals surface area contributed by atoms with Crippen molar-refractivity contribution >= 4 is 17.2 Å². The van der Waals surface area contributed by atoms with Gasteiger partial charge in [-0.2, -0.15) is 5.10 Å². The summed E-state index contributed by atoms with van der Waals surface area (Å²) in [4.78, 5) is 21.2. The van der Waals surface area contributed by atoms with E-state index in [9.17, 15) is 4.79 Å². The molecule has 0 radical (unpaired) electrons. The molecule has 0 spiro atoms. The fourth-order valence-corrected chi connectivity index (χ4v) is 3.53. The van der Waals surface area contributed by atoms with E-state index < -0.39 is 0 Å². The largest absolute Gasteiger partial charge is 0.366 e. The van der Waals surface area contributed by atoms with Gasteiger partial charge in [-0.3, -0.25) is 9.89 Å². The van der Waals surface area contributed by atoms with E-state index in [-0.39, 0.29) is 12.0 Å². The Morgan fingerprint density at radius 2 is 2.36 bits per heavy atom. The summed E-state index contributed by atoms with van der Waals surface area (Å²) in [6, 6.07) is 1.97. The highest BCUT2D eigenvalue weighted by atomic mass is 32.1. The molecule has 1 atom stereocenters. The van der Waals surface area contributed by atoms with Crippen molar-refractivity contribution in [2.24, 2.45) is 0 Å². The molecule has 0 bridgehead atoms. The maximum absolute atomic E-state index is 12.7. The maximum atomic E-state index is 12.7. The molecule has 3 heterocycles. The van der Waals surface area contributed by atoms with Crippen LogP contribution in [-0.4, -0.2) is 45.7 Å². The number of carbonyl (C=O) groups excluding carboxylic acids is 1. The van der Waals surface area contributed by atoms with Crippen LogP contribution in [0, 0.1) is 13.8 Å². The van der Waals surface area contributed by atoms with Gasteiger partial charge in [0.1, 0.15) is 11.9 Å². The molecular weight excluding hydrogens is 300 g/mol. The average molecular weight is 320 g/mol. The summed E-state index contributed by atoms with van der Waals surface area (Å²) in [5.74, 6) is 1.54. The van der Waals surface area contributed by atoms with Crippen molar-refractivity contribution < 1.29 is 9.53 Å². The number of hydrogen-bond acceptors (Lipinski definition) is 5. The van der Waals surface area contributed by atoms with Crippen LogP contribution in [0.1, 0.15) is 44.8 Å². The molecule has 1 aliphatic rings. The highest BCUT2D eigenvalue weighted by molar-refractivity contribution is 7.12. The number of aryl methyl sites for hydroxylation is 3. The molecule has 1 N–H and O–H groups in total. The number of nitrogens with one attached hydrogen (secondary N) is 1. The Balaban J connectivity index is 1.75. The molecule has 1 fully saturated rings. The van der Waals surface area contributed by atoms with Gasteiger partial charge >= 0.3 is 0 Å². The van der Waals surface area contributed by atoms with Gasteiger partial charge < -0.3 is 9.64 Å². The van der Waals surface area contributed by atoms with E-state index in [1.165, 1.54) is 0 Å². The Hall–Kier alpha value is -1.73. The molecule has 1 saturated heterocycles. The Bertz CT molecular complexity index is 679. The number of amides is 1. The third kappa shape index (κ3) is 2.91. The van der Waals surface area contributed by atoms with Gasteiger partial charge in [-0.25, -0.2) is 4.98 Å². The fourth-order valence-electron chi connectivity index (χ4n) is 2.62. The molecule has 6 nitrogen and oxygen atoms in total. The zero-order chi connectivity index (χ0) is 15.7. The third-order valence-electron chi connectivity index (χ3n) is 3.80. The number of aromatic amines is 1. The smallest absolute Gasteiger partial charge is 0.255 e. The van der Waals surface area contributed by atoms with Crippen LogP contribution in [0.3, 0.4) is 0 Å². The summed E-state index contributed by atoms with van der Waals surface area (Å²) in [7, 11) is 0. The van der Waals surface area contributed by atoms with E-state index in [4.69, 9.17) is 4.74 Å². The molecule has 2 aromatic heterocycles. The predicted molar refractivity (Wildman–Crippen MR) is 84.2 cm³/mol. The monoisotopic (exact) mass is 320 g/mol. The first-order valence-corrected chi connectivity index (χ1v) is 8.29. The minimum Gasteiger partial charge on any atom is -0.366 e. The van der Waals surface area contributed by atoms with Gasteiger partial charge in [-0.15, -0.1) is 11.3 Å². The number of aromatic nitrogens is 3. The second-order valence-electron chi connectivity index (χ2n) is 5.43. The van der Waals surface area contributed by atoms with E-state index in [0.717, 1.165) is 27.6 Å². The predicted octanol–water partition coefficient (Wildman–Crippen LogP) is 2.26. The van der Waals surface area contributed by atoms with Crippen LogP contribution in [0.4, 0.5) is 0 Å². The highest BCUT2D eigenvalue weighted by Crippen LogP contribution is 2.25. The van der Waals surface area contributed by atoms with E-state index >= 15 is 0 Å². The summed E-state index contributed by atoms with van der Waals surface area (Å²) in [5.41, 5.74) is 0.799. The summed E-state index contributed by atoms with van der Waals surface area (Å²) in [5, 5.41) is 7.10. The van der Waals surface area contributed by atoms with Gasteiger partial charge in [0.05, 0.1) is 18.7 Å². The molecule has 0 unspecified atom stereocenters. The van der Waals surface area contributed by atoms with Gasteiger partial charge in [0.15, 0.2) is 5.82 Å². The van der Waals surface area contributed by atoms with Crippen molar-refractivity contribution in [3.63, 3.8) is 0 Å². The first-order valence-electron chi connectivity index (χ1n) is 7.47. The van der Waals surface area contributed by atoms with Crippen LogP contribution >= 0.6 is 11.3 Å². The Morgan fingerprint density at radius 1 is 1.55 bits per heavy atom. The minimum atomic E-state index is -0.255. The van der Waals surface area contributed by atoms with E-state index in [1.807, 2.05) is 31.7 Å². The van der Waals surface area contributed by atoms with Gasteiger partial charge in [-0.05, 0) is 19.9 Å². The number of thiophene rings is 1. The lowest BCUT2D eigenvalue weighted by molar-refractivity contribution is -0.0266. The molecular formula is C15H20N4O2S. The van der Waals surface area contributed by atoms with Crippen LogP contribution in [0.5, 0.6) is 0 Å². The molecule has 1 amide bonds. The normalized spacial score (nSPS) is 18.7. The summed E-state index contributed by atoms with van der Waals surface area (Å²) in [6.45, 7) is 7.64. The number of hydrogen-bond donors (Lipinski definition) is 1. The van der Waals surface area contributed by atoms with E-state index in [1.54, 1.807) is 11.3 Å². The van der Waals surface area contributed by atoms with Crippen molar-refractivity contribution in [1.82, 2.24) is 20.1 Å². The molecule has 7 heteroatoms. The third-order valence-corrected chi connectivity index (χ3v) is 4.76. The molecule has 22 heavy (non-hydrogen) atoms. The fraction of sp³-hybridized carbons (Fsp3) is 0.533. The zero-order valence-corrected chi connectivity index (χ0v) is 13.9. The van der Waals surface area contributed by atoms with Crippen LogP contribution in [0.2, 0.25) is 0 Å². The number of nitrogens with zero attached hydrogens (tertiary/aromatic N) is 3. The second-order valence-corrected chi connectivity index (χ2v) is 6.89. The molecule has 118 valence electrons. The Kier molecular flexibility index (Phi) is 4.26. The lowest BCUT2D eigenvalue weighted by Crippen LogP contribution is -2.42. The van der Waals surface area contributed by atoms with Gasteiger partial charge in [-0.1, -0.05) is 6.92 Å². The molecule has 0 aromatic carbocycles. The first kappa shape index (κ1) is 15.2. The van der Waals surface area contributed by atoms with Crippen LogP contribution in [-0.2, 0) is 11.2 Å². The summed E-state index contributed by atoms with van der Waals surface area (Å²) < 4.78 is 5.74. The van der Waals surface area contributed by atoms with Gasteiger partial charge in [0.2, 0.25) is 0 Å². The second kappa shape index (κ2) is 6.18. The number of H-pyrrole nitrogens is 1.